The van der Waals surface area contributed by atoms with Gasteiger partial charge in [0.15, 0.2) is 0 Å². The molecule has 0 aliphatic carbocycles. The summed E-state index contributed by atoms with van der Waals surface area (Å²) < 4.78 is 0.756. The van der Waals surface area contributed by atoms with Crippen LogP contribution in [0, 0.1) is 0 Å². The number of carbonyl (C=O) groups excluding carboxylic acids is 1. The summed E-state index contributed by atoms with van der Waals surface area (Å²) in [5, 5.41) is 8.79. The lowest BCUT2D eigenvalue weighted by atomic mass is 10.1. The van der Waals surface area contributed by atoms with Gasteiger partial charge >= 0.3 is 5.97 Å². The predicted molar refractivity (Wildman–Crippen MR) is 77.4 cm³/mol. The van der Waals surface area contributed by atoms with Crippen LogP contribution in [0.5, 0.6) is 0 Å². The van der Waals surface area contributed by atoms with Crippen LogP contribution in [0.4, 0.5) is 5.69 Å². The molecule has 0 bridgehead atoms. The van der Waals surface area contributed by atoms with E-state index in [1.807, 2.05) is 18.7 Å². The van der Waals surface area contributed by atoms with Crippen molar-refractivity contribution in [2.24, 2.45) is 5.73 Å². The molecule has 1 rings (SSSR count). The number of carboxylic acid groups (broad SMARTS) is 1. The van der Waals surface area contributed by atoms with Crippen molar-refractivity contribution < 1.29 is 14.7 Å². The van der Waals surface area contributed by atoms with E-state index in [4.69, 9.17) is 10.8 Å². The van der Waals surface area contributed by atoms with E-state index in [0.29, 0.717) is 17.8 Å². The van der Waals surface area contributed by atoms with E-state index in [2.05, 4.69) is 15.9 Å². The lowest BCUT2D eigenvalue weighted by Gasteiger charge is -2.30. The largest absolute Gasteiger partial charge is 0.481 e. The molecule has 0 atom stereocenters. The molecule has 3 N–H and O–H groups in total. The minimum Gasteiger partial charge on any atom is -0.481 e. The highest BCUT2D eigenvalue weighted by Gasteiger charge is 2.18. The summed E-state index contributed by atoms with van der Waals surface area (Å²) in [6, 6.07) is 5.29. The van der Waals surface area contributed by atoms with Crippen LogP contribution in [0.2, 0.25) is 0 Å². The predicted octanol–water partition coefficient (Wildman–Crippen LogP) is 2.24. The number of anilines is 1. The average molecular weight is 329 g/mol. The zero-order valence-electron chi connectivity index (χ0n) is 10.9. The van der Waals surface area contributed by atoms with Crippen molar-refractivity contribution in [3.05, 3.63) is 28.2 Å². The first-order valence-electron chi connectivity index (χ1n) is 5.90. The Morgan fingerprint density at radius 2 is 2.05 bits per heavy atom. The normalized spacial score (nSPS) is 10.5. The first kappa shape index (κ1) is 15.5. The Bertz CT molecular complexity index is 489. The fourth-order valence-electron chi connectivity index (χ4n) is 1.83. The quantitative estimate of drug-likeness (QED) is 0.838. The fraction of sp³-hybridized carbons (Fsp3) is 0.385. The van der Waals surface area contributed by atoms with E-state index in [1.54, 1.807) is 18.2 Å². The molecule has 6 heteroatoms. The van der Waals surface area contributed by atoms with Crippen molar-refractivity contribution in [3.63, 3.8) is 0 Å². The van der Waals surface area contributed by atoms with Crippen molar-refractivity contribution in [2.75, 3.05) is 11.4 Å². The van der Waals surface area contributed by atoms with Gasteiger partial charge in [-0.05, 0) is 32.0 Å². The molecule has 0 spiro atoms. The molecule has 0 aliphatic rings. The Labute approximate surface area is 120 Å². The van der Waals surface area contributed by atoms with Gasteiger partial charge in [-0.1, -0.05) is 15.9 Å². The van der Waals surface area contributed by atoms with Gasteiger partial charge in [-0.3, -0.25) is 9.59 Å². The first-order valence-corrected chi connectivity index (χ1v) is 6.70. The van der Waals surface area contributed by atoms with E-state index in [0.717, 1.165) is 4.47 Å². The summed E-state index contributed by atoms with van der Waals surface area (Å²) in [4.78, 5) is 24.1. The second-order valence-electron chi connectivity index (χ2n) is 4.46. The molecular weight excluding hydrogens is 312 g/mol. The summed E-state index contributed by atoms with van der Waals surface area (Å²) in [6.07, 6.45) is 0.00639. The van der Waals surface area contributed by atoms with Crippen molar-refractivity contribution in [2.45, 2.75) is 26.3 Å². The van der Waals surface area contributed by atoms with Gasteiger partial charge in [0.1, 0.15) is 0 Å². The Kier molecular flexibility index (Phi) is 5.35. The van der Waals surface area contributed by atoms with Crippen LogP contribution in [0.3, 0.4) is 0 Å². The van der Waals surface area contributed by atoms with Gasteiger partial charge < -0.3 is 15.7 Å². The van der Waals surface area contributed by atoms with Gasteiger partial charge in [0.05, 0.1) is 12.0 Å². The monoisotopic (exact) mass is 328 g/mol. The van der Waals surface area contributed by atoms with Gasteiger partial charge in [0.2, 0.25) is 0 Å². The number of halogens is 1. The molecular formula is C13H17BrN2O3. The summed E-state index contributed by atoms with van der Waals surface area (Å²) in [5.74, 6) is -1.40. The van der Waals surface area contributed by atoms with E-state index in [9.17, 15) is 9.59 Å². The number of amides is 1. The molecule has 5 nitrogen and oxygen atoms in total. The maximum Gasteiger partial charge on any atom is 0.305 e. The SMILES string of the molecule is CC(C)N(CCC(=O)O)c1ccc(Br)cc1C(N)=O. The highest BCUT2D eigenvalue weighted by molar-refractivity contribution is 9.10. The van der Waals surface area contributed by atoms with E-state index < -0.39 is 11.9 Å². The molecule has 0 saturated carbocycles. The molecule has 1 aromatic rings. The zero-order valence-corrected chi connectivity index (χ0v) is 12.5. The van der Waals surface area contributed by atoms with Crippen LogP contribution in [0.1, 0.15) is 30.6 Å². The van der Waals surface area contributed by atoms with E-state index in [-0.39, 0.29) is 12.5 Å². The number of hydrogen-bond acceptors (Lipinski definition) is 3. The number of primary amides is 1. The third kappa shape index (κ3) is 4.24. The molecule has 1 aromatic carbocycles. The van der Waals surface area contributed by atoms with Crippen LogP contribution in [-0.2, 0) is 4.79 Å². The number of aliphatic carboxylic acids is 1. The number of nitrogens with zero attached hydrogens (tertiary/aromatic N) is 1. The molecule has 0 fully saturated rings. The maximum atomic E-state index is 11.5. The summed E-state index contributed by atoms with van der Waals surface area (Å²) in [6.45, 7) is 4.21. The first-order chi connectivity index (χ1) is 8.82. The van der Waals surface area contributed by atoms with Crippen molar-refractivity contribution in [1.82, 2.24) is 0 Å². The Balaban J connectivity index is 3.14. The molecule has 0 radical (unpaired) electrons. The smallest absolute Gasteiger partial charge is 0.305 e. The van der Waals surface area contributed by atoms with Gasteiger partial charge in [0.25, 0.3) is 5.91 Å². The lowest BCUT2D eigenvalue weighted by molar-refractivity contribution is -0.136. The van der Waals surface area contributed by atoms with Crippen molar-refractivity contribution in [1.29, 1.82) is 0 Å². The number of carboxylic acids is 1. The Hall–Kier alpha value is -1.56. The van der Waals surface area contributed by atoms with Gasteiger partial charge in [-0.25, -0.2) is 0 Å². The maximum absolute atomic E-state index is 11.5. The highest BCUT2D eigenvalue weighted by Crippen LogP contribution is 2.26. The van der Waals surface area contributed by atoms with Crippen LogP contribution in [0.15, 0.2) is 22.7 Å². The Morgan fingerprint density at radius 1 is 1.42 bits per heavy atom. The van der Waals surface area contributed by atoms with Crippen LogP contribution in [0.25, 0.3) is 0 Å². The average Bonchev–Trinajstić information content (AvgIpc) is 2.29. The molecule has 0 saturated heterocycles. The van der Waals surface area contributed by atoms with E-state index >= 15 is 0 Å². The Morgan fingerprint density at radius 3 is 2.53 bits per heavy atom. The zero-order chi connectivity index (χ0) is 14.6. The number of benzene rings is 1. The number of hydrogen-bond donors (Lipinski definition) is 2. The molecule has 0 heterocycles. The standard InChI is InChI=1S/C13H17BrN2O3/c1-8(2)16(6-5-12(17)18)11-4-3-9(14)7-10(11)13(15)19/h3-4,7-8H,5-6H2,1-2H3,(H2,15,19)(H,17,18). The summed E-state index contributed by atoms with van der Waals surface area (Å²) >= 11 is 3.29. The third-order valence-electron chi connectivity index (χ3n) is 2.72. The molecule has 0 unspecified atom stereocenters. The van der Waals surface area contributed by atoms with Gasteiger partial charge in [-0.15, -0.1) is 0 Å². The minimum atomic E-state index is -0.872. The van der Waals surface area contributed by atoms with Gasteiger partial charge in [0, 0.05) is 22.7 Å². The lowest BCUT2D eigenvalue weighted by Crippen LogP contribution is -2.34. The fourth-order valence-corrected chi connectivity index (χ4v) is 2.19. The van der Waals surface area contributed by atoms with Crippen LogP contribution < -0.4 is 10.6 Å². The summed E-state index contributed by atoms with van der Waals surface area (Å²) in [5.41, 5.74) is 6.42. The number of carbonyl (C=O) groups is 2. The van der Waals surface area contributed by atoms with Crippen molar-refractivity contribution >= 4 is 33.5 Å². The van der Waals surface area contributed by atoms with Gasteiger partial charge in [-0.2, -0.15) is 0 Å². The topological polar surface area (TPSA) is 83.6 Å². The van der Waals surface area contributed by atoms with Crippen LogP contribution in [-0.4, -0.2) is 29.6 Å². The van der Waals surface area contributed by atoms with Crippen LogP contribution >= 0.6 is 15.9 Å². The molecule has 1 amide bonds. The molecule has 19 heavy (non-hydrogen) atoms. The third-order valence-corrected chi connectivity index (χ3v) is 3.22. The number of nitrogens with two attached hydrogens (primary N) is 1. The van der Waals surface area contributed by atoms with Crippen molar-refractivity contribution in [3.8, 4) is 0 Å². The summed E-state index contributed by atoms with van der Waals surface area (Å²) in [7, 11) is 0. The molecule has 104 valence electrons. The second-order valence-corrected chi connectivity index (χ2v) is 5.37. The minimum absolute atomic E-state index is 0.00639. The second kappa shape index (κ2) is 6.56. The molecule has 0 aliphatic heterocycles. The highest BCUT2D eigenvalue weighted by atomic mass is 79.9. The number of rotatable bonds is 6. The molecule has 0 aromatic heterocycles. The van der Waals surface area contributed by atoms with E-state index in [1.165, 1.54) is 0 Å².